The SMILES string of the molecule is Cc1cc(OCC(=O)NN=C2CC(=O)CC(C)(C)C2)cc(C)c1Cl. The molecular formula is C18H23ClN2O3. The molecule has 0 aromatic heterocycles. The summed E-state index contributed by atoms with van der Waals surface area (Å²) in [6.45, 7) is 7.67. The third-order valence-electron chi connectivity index (χ3n) is 3.88. The zero-order chi connectivity index (χ0) is 17.9. The molecule has 24 heavy (non-hydrogen) atoms. The second-order valence-electron chi connectivity index (χ2n) is 7.11. The van der Waals surface area contributed by atoms with Crippen molar-refractivity contribution in [3.05, 3.63) is 28.3 Å². The smallest absolute Gasteiger partial charge is 0.277 e. The molecule has 0 spiro atoms. The minimum absolute atomic E-state index is 0.103. The highest BCUT2D eigenvalue weighted by Gasteiger charge is 2.30. The molecule has 1 saturated carbocycles. The van der Waals surface area contributed by atoms with Crippen molar-refractivity contribution in [1.82, 2.24) is 5.43 Å². The molecule has 0 atom stereocenters. The largest absolute Gasteiger partial charge is 0.484 e. The van der Waals surface area contributed by atoms with Crippen LogP contribution in [0, 0.1) is 19.3 Å². The number of ketones is 1. The quantitative estimate of drug-likeness (QED) is 0.844. The lowest BCUT2D eigenvalue weighted by atomic mass is 9.76. The van der Waals surface area contributed by atoms with Crippen LogP contribution in [0.15, 0.2) is 17.2 Å². The number of nitrogens with one attached hydrogen (secondary N) is 1. The van der Waals surface area contributed by atoms with Gasteiger partial charge in [0.1, 0.15) is 11.5 Å². The van der Waals surface area contributed by atoms with E-state index < -0.39 is 0 Å². The van der Waals surface area contributed by atoms with Crippen LogP contribution in [0.3, 0.4) is 0 Å². The fourth-order valence-corrected chi connectivity index (χ4v) is 3.00. The zero-order valence-corrected chi connectivity index (χ0v) is 15.3. The van der Waals surface area contributed by atoms with Gasteiger partial charge in [-0.2, -0.15) is 5.10 Å². The molecule has 0 radical (unpaired) electrons. The zero-order valence-electron chi connectivity index (χ0n) is 14.5. The summed E-state index contributed by atoms with van der Waals surface area (Å²) in [5.74, 6) is 0.386. The number of hydrazone groups is 1. The number of halogens is 1. The first-order valence-electron chi connectivity index (χ1n) is 7.92. The van der Waals surface area contributed by atoms with Gasteiger partial charge in [-0.1, -0.05) is 25.4 Å². The lowest BCUT2D eigenvalue weighted by molar-refractivity contribution is -0.123. The van der Waals surface area contributed by atoms with Crippen molar-refractivity contribution in [1.29, 1.82) is 0 Å². The predicted octanol–water partition coefficient (Wildman–Crippen LogP) is 3.59. The Balaban J connectivity index is 1.90. The van der Waals surface area contributed by atoms with Crippen LogP contribution in [-0.4, -0.2) is 24.0 Å². The fraction of sp³-hybridized carbons (Fsp3) is 0.500. The molecule has 2 rings (SSSR count). The number of carbonyl (C=O) groups excluding carboxylic acids is 2. The number of carbonyl (C=O) groups is 2. The maximum absolute atomic E-state index is 11.9. The molecule has 130 valence electrons. The van der Waals surface area contributed by atoms with Crippen LogP contribution in [0.5, 0.6) is 5.75 Å². The summed E-state index contributed by atoms with van der Waals surface area (Å²) in [5.41, 5.74) is 4.87. The standard InChI is InChI=1S/C18H23ClN2O3/c1-11-5-15(6-12(2)17(11)19)24-10-16(23)21-20-13-7-14(22)9-18(3,4)8-13/h5-6H,7-10H2,1-4H3,(H,21,23). The van der Waals surface area contributed by atoms with Crippen molar-refractivity contribution in [3.63, 3.8) is 0 Å². The van der Waals surface area contributed by atoms with Crippen molar-refractivity contribution in [3.8, 4) is 5.75 Å². The van der Waals surface area contributed by atoms with E-state index in [9.17, 15) is 9.59 Å². The van der Waals surface area contributed by atoms with Gasteiger partial charge in [0.2, 0.25) is 0 Å². The molecule has 1 aromatic carbocycles. The van der Waals surface area contributed by atoms with Crippen molar-refractivity contribution < 1.29 is 14.3 Å². The molecule has 0 unspecified atom stereocenters. The third-order valence-corrected chi connectivity index (χ3v) is 4.47. The van der Waals surface area contributed by atoms with E-state index in [0.29, 0.717) is 35.7 Å². The van der Waals surface area contributed by atoms with E-state index in [0.717, 1.165) is 11.1 Å². The number of aryl methyl sites for hydroxylation is 2. The second-order valence-corrected chi connectivity index (χ2v) is 7.48. The monoisotopic (exact) mass is 350 g/mol. The first-order chi connectivity index (χ1) is 11.2. The summed E-state index contributed by atoms with van der Waals surface area (Å²) in [7, 11) is 0. The van der Waals surface area contributed by atoms with Crippen LogP contribution in [0.1, 0.15) is 44.2 Å². The summed E-state index contributed by atoms with van der Waals surface area (Å²) in [4.78, 5) is 23.6. The van der Waals surface area contributed by atoms with E-state index in [1.165, 1.54) is 0 Å². The van der Waals surface area contributed by atoms with Crippen molar-refractivity contribution in [2.45, 2.75) is 47.0 Å². The Hall–Kier alpha value is -1.88. The molecule has 1 aliphatic rings. The maximum atomic E-state index is 11.9. The van der Waals surface area contributed by atoms with Crippen LogP contribution in [0.25, 0.3) is 0 Å². The van der Waals surface area contributed by atoms with E-state index in [1.54, 1.807) is 12.1 Å². The number of amides is 1. The fourth-order valence-electron chi connectivity index (χ4n) is 2.89. The van der Waals surface area contributed by atoms with Gasteiger partial charge in [-0.15, -0.1) is 0 Å². The Morgan fingerprint density at radius 2 is 1.92 bits per heavy atom. The minimum Gasteiger partial charge on any atom is -0.484 e. The van der Waals surface area contributed by atoms with Gasteiger partial charge in [0.25, 0.3) is 5.91 Å². The summed E-state index contributed by atoms with van der Waals surface area (Å²) < 4.78 is 5.48. The van der Waals surface area contributed by atoms with Gasteiger partial charge in [0.15, 0.2) is 6.61 Å². The number of hydrogen-bond donors (Lipinski definition) is 1. The average Bonchev–Trinajstić information content (AvgIpc) is 2.46. The molecule has 5 nitrogen and oxygen atoms in total. The molecule has 0 aliphatic heterocycles. The van der Waals surface area contributed by atoms with Gasteiger partial charge < -0.3 is 4.74 Å². The van der Waals surface area contributed by atoms with Crippen molar-refractivity contribution in [2.24, 2.45) is 10.5 Å². The van der Waals surface area contributed by atoms with Gasteiger partial charge in [0.05, 0.1) is 0 Å². The highest BCUT2D eigenvalue weighted by Crippen LogP contribution is 2.31. The Bertz CT molecular complexity index is 672. The van der Waals surface area contributed by atoms with E-state index in [4.69, 9.17) is 16.3 Å². The van der Waals surface area contributed by atoms with E-state index in [-0.39, 0.29) is 23.7 Å². The molecular weight excluding hydrogens is 328 g/mol. The van der Waals surface area contributed by atoms with E-state index in [2.05, 4.69) is 10.5 Å². The molecule has 6 heteroatoms. The second kappa shape index (κ2) is 7.34. The molecule has 1 aliphatic carbocycles. The van der Waals surface area contributed by atoms with Gasteiger partial charge >= 0.3 is 0 Å². The number of benzene rings is 1. The van der Waals surface area contributed by atoms with Gasteiger partial charge in [-0.25, -0.2) is 5.43 Å². The predicted molar refractivity (Wildman–Crippen MR) is 94.6 cm³/mol. The number of rotatable bonds is 4. The Labute approximate surface area is 147 Å². The molecule has 1 fully saturated rings. The van der Waals surface area contributed by atoms with Crippen LogP contribution in [-0.2, 0) is 9.59 Å². The summed E-state index contributed by atoms with van der Waals surface area (Å²) in [5, 5.41) is 4.78. The topological polar surface area (TPSA) is 67.8 Å². The molecule has 1 aromatic rings. The molecule has 1 amide bonds. The first kappa shape index (κ1) is 18.5. The van der Waals surface area contributed by atoms with Crippen LogP contribution in [0.2, 0.25) is 5.02 Å². The van der Waals surface area contributed by atoms with Gasteiger partial charge in [0, 0.05) is 23.6 Å². The Kier molecular flexibility index (Phi) is 5.65. The third kappa shape index (κ3) is 5.06. The molecule has 0 saturated heterocycles. The van der Waals surface area contributed by atoms with Gasteiger partial charge in [-0.3, -0.25) is 9.59 Å². The lowest BCUT2D eigenvalue weighted by Gasteiger charge is -2.28. The molecule has 0 heterocycles. The van der Waals surface area contributed by atoms with Crippen molar-refractivity contribution >= 4 is 29.0 Å². The molecule has 1 N–H and O–H groups in total. The summed E-state index contributed by atoms with van der Waals surface area (Å²) in [6, 6.07) is 3.58. The summed E-state index contributed by atoms with van der Waals surface area (Å²) >= 11 is 6.10. The normalized spacial score (nSPS) is 18.5. The highest BCUT2D eigenvalue weighted by molar-refractivity contribution is 6.32. The van der Waals surface area contributed by atoms with Gasteiger partial charge in [-0.05, 0) is 48.9 Å². The first-order valence-corrected chi connectivity index (χ1v) is 8.29. The Morgan fingerprint density at radius 1 is 1.29 bits per heavy atom. The molecule has 0 bridgehead atoms. The lowest BCUT2D eigenvalue weighted by Crippen LogP contribution is -2.32. The number of ether oxygens (including phenoxy) is 1. The van der Waals surface area contributed by atoms with Crippen LogP contribution < -0.4 is 10.2 Å². The minimum atomic E-state index is -0.358. The van der Waals surface area contributed by atoms with E-state index in [1.807, 2.05) is 27.7 Å². The number of Topliss-reactive ketones (excluding diaryl/α,β-unsaturated/α-hetero) is 1. The van der Waals surface area contributed by atoms with Crippen molar-refractivity contribution in [2.75, 3.05) is 6.61 Å². The Morgan fingerprint density at radius 3 is 2.50 bits per heavy atom. The van der Waals surface area contributed by atoms with Crippen LogP contribution >= 0.6 is 11.6 Å². The number of nitrogens with zero attached hydrogens (tertiary/aromatic N) is 1. The van der Waals surface area contributed by atoms with E-state index >= 15 is 0 Å². The van der Waals surface area contributed by atoms with Crippen LogP contribution in [0.4, 0.5) is 0 Å². The number of hydrogen-bond acceptors (Lipinski definition) is 4. The highest BCUT2D eigenvalue weighted by atomic mass is 35.5. The summed E-state index contributed by atoms with van der Waals surface area (Å²) in [6.07, 6.45) is 1.56. The average molecular weight is 351 g/mol. The maximum Gasteiger partial charge on any atom is 0.277 e.